The van der Waals surface area contributed by atoms with Crippen LogP contribution in [0.3, 0.4) is 0 Å². The zero-order valence-electron chi connectivity index (χ0n) is 16.1. The minimum atomic E-state index is -0.0176. The van der Waals surface area contributed by atoms with E-state index < -0.39 is 0 Å². The lowest BCUT2D eigenvalue weighted by molar-refractivity contribution is -0.914. The quantitative estimate of drug-likeness (QED) is 0.888. The van der Waals surface area contributed by atoms with E-state index in [-0.39, 0.29) is 11.9 Å². The van der Waals surface area contributed by atoms with Crippen molar-refractivity contribution in [2.24, 2.45) is 0 Å². The summed E-state index contributed by atoms with van der Waals surface area (Å²) < 4.78 is 5.50. The molecule has 2 aromatic carbocycles. The van der Waals surface area contributed by atoms with Gasteiger partial charge in [-0.25, -0.2) is 0 Å². The molecule has 2 aliphatic heterocycles. The van der Waals surface area contributed by atoms with Crippen LogP contribution in [0.25, 0.3) is 0 Å². The Balaban J connectivity index is 1.40. The average molecular weight is 366 g/mol. The summed E-state index contributed by atoms with van der Waals surface area (Å²) in [6.07, 6.45) is 0.964. The second-order valence-electron chi connectivity index (χ2n) is 7.41. The van der Waals surface area contributed by atoms with Crippen molar-refractivity contribution in [2.75, 3.05) is 49.6 Å². The molecule has 1 atom stereocenters. The zero-order chi connectivity index (χ0) is 18.8. The minimum absolute atomic E-state index is 0.0176. The Morgan fingerprint density at radius 2 is 1.67 bits per heavy atom. The van der Waals surface area contributed by atoms with Crippen LogP contribution in [0.15, 0.2) is 48.5 Å². The van der Waals surface area contributed by atoms with Crippen molar-refractivity contribution in [3.8, 4) is 5.75 Å². The Morgan fingerprint density at radius 1 is 1.00 bits per heavy atom. The second kappa shape index (κ2) is 7.61. The van der Waals surface area contributed by atoms with Gasteiger partial charge in [0.1, 0.15) is 5.75 Å². The Morgan fingerprint density at radius 3 is 2.41 bits per heavy atom. The lowest BCUT2D eigenvalue weighted by atomic mass is 10.1. The van der Waals surface area contributed by atoms with Crippen LogP contribution in [0.5, 0.6) is 5.75 Å². The van der Waals surface area contributed by atoms with Crippen LogP contribution < -0.4 is 19.4 Å². The van der Waals surface area contributed by atoms with E-state index >= 15 is 0 Å². The van der Waals surface area contributed by atoms with Gasteiger partial charge in [-0.15, -0.1) is 0 Å². The van der Waals surface area contributed by atoms with Gasteiger partial charge in [0.25, 0.3) is 5.91 Å². The molecular formula is C22H28N3O2+. The number of carbonyl (C=O) groups is 1. The number of carbonyl (C=O) groups excluding carboxylic acids is 1. The predicted molar refractivity (Wildman–Crippen MR) is 108 cm³/mol. The number of nitrogens with one attached hydrogen (secondary N) is 1. The number of fused-ring (bicyclic) bond motifs is 1. The van der Waals surface area contributed by atoms with Crippen molar-refractivity contribution in [1.29, 1.82) is 0 Å². The van der Waals surface area contributed by atoms with Gasteiger partial charge < -0.3 is 19.4 Å². The molecule has 5 nitrogen and oxygen atoms in total. The van der Waals surface area contributed by atoms with Gasteiger partial charge in [0, 0.05) is 12.2 Å². The van der Waals surface area contributed by atoms with Crippen LogP contribution in [0.4, 0.5) is 11.4 Å². The Labute approximate surface area is 161 Å². The van der Waals surface area contributed by atoms with Crippen LogP contribution in [-0.2, 0) is 11.2 Å². The molecule has 5 heteroatoms. The SMILES string of the molecule is COc1ccccc1N1CC[NH+]([C@@H](C)C(=O)N2CCc3ccccc32)CC1. The number of hydrogen-bond acceptors (Lipinski definition) is 3. The number of quaternary nitrogens is 1. The molecule has 2 aromatic rings. The molecule has 27 heavy (non-hydrogen) atoms. The molecule has 0 saturated carbocycles. The fraction of sp³-hybridized carbons (Fsp3) is 0.409. The third kappa shape index (κ3) is 3.39. The summed E-state index contributed by atoms with van der Waals surface area (Å²) in [7, 11) is 1.72. The molecule has 1 amide bonds. The lowest BCUT2D eigenvalue weighted by Crippen LogP contribution is -3.19. The van der Waals surface area contributed by atoms with Gasteiger partial charge in [-0.05, 0) is 37.1 Å². The minimum Gasteiger partial charge on any atom is -0.495 e. The molecule has 2 aliphatic rings. The van der Waals surface area contributed by atoms with Crippen molar-refractivity contribution >= 4 is 17.3 Å². The Bertz CT molecular complexity index is 815. The maximum atomic E-state index is 13.1. The van der Waals surface area contributed by atoms with E-state index in [0.29, 0.717) is 0 Å². The highest BCUT2D eigenvalue weighted by Gasteiger charge is 2.35. The highest BCUT2D eigenvalue weighted by Crippen LogP contribution is 2.28. The number of amides is 1. The van der Waals surface area contributed by atoms with Gasteiger partial charge in [0.15, 0.2) is 6.04 Å². The van der Waals surface area contributed by atoms with Crippen molar-refractivity contribution in [1.82, 2.24) is 0 Å². The van der Waals surface area contributed by atoms with E-state index in [0.717, 1.165) is 56.3 Å². The number of anilines is 2. The third-order valence-electron chi connectivity index (χ3n) is 5.97. The topological polar surface area (TPSA) is 37.2 Å². The number of piperazine rings is 1. The summed E-state index contributed by atoms with van der Waals surface area (Å²) in [6.45, 7) is 6.68. The highest BCUT2D eigenvalue weighted by molar-refractivity contribution is 5.97. The molecule has 0 aliphatic carbocycles. The van der Waals surface area contributed by atoms with Gasteiger partial charge in [-0.3, -0.25) is 4.79 Å². The van der Waals surface area contributed by atoms with Crippen molar-refractivity contribution < 1.29 is 14.4 Å². The normalized spacial score (nSPS) is 18.3. The standard InChI is InChI=1S/C22H27N3O2/c1-17(22(26)25-12-11-18-7-3-4-8-19(18)25)23-13-15-24(16-14-23)20-9-5-6-10-21(20)27-2/h3-10,17H,11-16H2,1-2H3/p+1/t17-/m0/s1. The van der Waals surface area contributed by atoms with Gasteiger partial charge in [0.05, 0.1) is 39.0 Å². The molecule has 1 fully saturated rings. The molecule has 1 saturated heterocycles. The van der Waals surface area contributed by atoms with Gasteiger partial charge in [-0.1, -0.05) is 30.3 Å². The number of nitrogens with zero attached hydrogens (tertiary/aromatic N) is 2. The highest BCUT2D eigenvalue weighted by atomic mass is 16.5. The van der Waals surface area contributed by atoms with E-state index in [1.54, 1.807) is 7.11 Å². The van der Waals surface area contributed by atoms with Crippen LogP contribution in [0.1, 0.15) is 12.5 Å². The monoisotopic (exact) mass is 366 g/mol. The summed E-state index contributed by atoms with van der Waals surface area (Å²) in [4.78, 5) is 18.9. The molecule has 0 unspecified atom stereocenters. The zero-order valence-corrected chi connectivity index (χ0v) is 16.1. The molecule has 4 rings (SSSR count). The van der Waals surface area contributed by atoms with Gasteiger partial charge in [-0.2, -0.15) is 0 Å². The first-order valence-corrected chi connectivity index (χ1v) is 9.81. The summed E-state index contributed by atoms with van der Waals surface area (Å²) in [6, 6.07) is 16.4. The van der Waals surface area contributed by atoms with E-state index in [9.17, 15) is 4.79 Å². The number of rotatable bonds is 4. The fourth-order valence-electron chi connectivity index (χ4n) is 4.33. The fourth-order valence-corrected chi connectivity index (χ4v) is 4.33. The van der Waals surface area contributed by atoms with Gasteiger partial charge >= 0.3 is 0 Å². The summed E-state index contributed by atoms with van der Waals surface area (Å²) in [5, 5.41) is 0. The first-order valence-electron chi connectivity index (χ1n) is 9.81. The Kier molecular flexibility index (Phi) is 5.03. The van der Waals surface area contributed by atoms with Crippen LogP contribution in [0, 0.1) is 0 Å². The average Bonchev–Trinajstić information content (AvgIpc) is 3.17. The maximum Gasteiger partial charge on any atom is 0.284 e. The number of para-hydroxylation sites is 3. The summed E-state index contributed by atoms with van der Waals surface area (Å²) in [5.74, 6) is 1.17. The van der Waals surface area contributed by atoms with Crippen LogP contribution >= 0.6 is 0 Å². The molecule has 142 valence electrons. The first-order chi connectivity index (χ1) is 13.2. The van der Waals surface area contributed by atoms with E-state index in [2.05, 4.69) is 36.1 Å². The van der Waals surface area contributed by atoms with Gasteiger partial charge in [0.2, 0.25) is 0 Å². The van der Waals surface area contributed by atoms with Crippen LogP contribution in [-0.4, -0.2) is 51.8 Å². The largest absolute Gasteiger partial charge is 0.495 e. The predicted octanol–water partition coefficient (Wildman–Crippen LogP) is 1.38. The first kappa shape index (κ1) is 17.9. The van der Waals surface area contributed by atoms with Crippen molar-refractivity contribution in [2.45, 2.75) is 19.4 Å². The second-order valence-corrected chi connectivity index (χ2v) is 7.41. The van der Waals surface area contributed by atoms with Crippen molar-refractivity contribution in [3.63, 3.8) is 0 Å². The number of benzene rings is 2. The number of hydrogen-bond donors (Lipinski definition) is 1. The summed E-state index contributed by atoms with van der Waals surface area (Å²) in [5.41, 5.74) is 3.53. The van der Waals surface area contributed by atoms with E-state index in [1.165, 1.54) is 10.5 Å². The molecule has 2 heterocycles. The smallest absolute Gasteiger partial charge is 0.284 e. The van der Waals surface area contributed by atoms with Crippen molar-refractivity contribution in [3.05, 3.63) is 54.1 Å². The lowest BCUT2D eigenvalue weighted by Gasteiger charge is -2.37. The molecule has 0 spiro atoms. The van der Waals surface area contributed by atoms with E-state index in [4.69, 9.17) is 4.74 Å². The van der Waals surface area contributed by atoms with E-state index in [1.807, 2.05) is 29.2 Å². The number of methoxy groups -OCH3 is 1. The molecule has 0 aromatic heterocycles. The third-order valence-corrected chi connectivity index (χ3v) is 5.97. The number of ether oxygens (including phenoxy) is 1. The molecular weight excluding hydrogens is 338 g/mol. The summed E-state index contributed by atoms with van der Waals surface area (Å²) >= 11 is 0. The van der Waals surface area contributed by atoms with Crippen LogP contribution in [0.2, 0.25) is 0 Å². The maximum absolute atomic E-state index is 13.1. The molecule has 0 bridgehead atoms. The Hall–Kier alpha value is -2.53. The molecule has 0 radical (unpaired) electrons. The molecule has 1 N–H and O–H groups in total.